The standard InChI is InChI=1S/C11H14N2O3/c1-2-12-11(16)13(8-10(14)15)9-6-4-3-5-7-9/h3-7H,2,8H2,1H3,(H,12,16)(H,14,15). The van der Waals surface area contributed by atoms with Crippen molar-refractivity contribution in [3.8, 4) is 0 Å². The number of rotatable bonds is 4. The number of benzene rings is 1. The predicted octanol–water partition coefficient (Wildman–Crippen LogP) is 1.31. The highest BCUT2D eigenvalue weighted by molar-refractivity contribution is 5.96. The van der Waals surface area contributed by atoms with Gasteiger partial charge in [-0.25, -0.2) is 4.79 Å². The first-order chi connectivity index (χ1) is 7.65. The maximum absolute atomic E-state index is 11.6. The minimum Gasteiger partial charge on any atom is -0.480 e. The van der Waals surface area contributed by atoms with E-state index in [0.29, 0.717) is 12.2 Å². The second-order valence-electron chi connectivity index (χ2n) is 3.15. The Morgan fingerprint density at radius 2 is 1.94 bits per heavy atom. The number of nitrogens with one attached hydrogen (secondary N) is 1. The molecule has 86 valence electrons. The number of carbonyl (C=O) groups excluding carboxylic acids is 1. The summed E-state index contributed by atoms with van der Waals surface area (Å²) in [5, 5.41) is 11.3. The van der Waals surface area contributed by atoms with Crippen LogP contribution in [0.5, 0.6) is 0 Å². The van der Waals surface area contributed by atoms with Gasteiger partial charge in [0.15, 0.2) is 0 Å². The van der Waals surface area contributed by atoms with E-state index in [2.05, 4.69) is 5.32 Å². The number of para-hydroxylation sites is 1. The Bertz CT molecular complexity index is 365. The van der Waals surface area contributed by atoms with Crippen LogP contribution in [-0.2, 0) is 4.79 Å². The molecule has 0 atom stereocenters. The van der Waals surface area contributed by atoms with Crippen molar-refractivity contribution < 1.29 is 14.7 Å². The number of carbonyl (C=O) groups is 2. The van der Waals surface area contributed by atoms with Crippen LogP contribution in [0.1, 0.15) is 6.92 Å². The first-order valence-corrected chi connectivity index (χ1v) is 4.97. The summed E-state index contributed by atoms with van der Waals surface area (Å²) in [6, 6.07) is 8.29. The topological polar surface area (TPSA) is 69.6 Å². The number of carboxylic acids is 1. The number of nitrogens with zero attached hydrogens (tertiary/aromatic N) is 1. The molecule has 0 spiro atoms. The quantitative estimate of drug-likeness (QED) is 0.806. The SMILES string of the molecule is CCNC(=O)N(CC(=O)O)c1ccccc1. The molecule has 1 aromatic rings. The minimum absolute atomic E-state index is 0.351. The molecular weight excluding hydrogens is 208 g/mol. The molecule has 0 aromatic heterocycles. The molecule has 5 nitrogen and oxygen atoms in total. The Morgan fingerprint density at radius 3 is 2.44 bits per heavy atom. The summed E-state index contributed by atoms with van der Waals surface area (Å²) < 4.78 is 0. The van der Waals surface area contributed by atoms with Gasteiger partial charge in [0.1, 0.15) is 6.54 Å². The van der Waals surface area contributed by atoms with E-state index in [-0.39, 0.29) is 6.54 Å². The molecule has 0 heterocycles. The maximum Gasteiger partial charge on any atom is 0.323 e. The zero-order chi connectivity index (χ0) is 12.0. The van der Waals surface area contributed by atoms with E-state index in [1.165, 1.54) is 4.90 Å². The summed E-state index contributed by atoms with van der Waals surface area (Å²) >= 11 is 0. The van der Waals surface area contributed by atoms with E-state index < -0.39 is 12.0 Å². The van der Waals surface area contributed by atoms with Gasteiger partial charge in [-0.1, -0.05) is 18.2 Å². The number of hydrogen-bond acceptors (Lipinski definition) is 2. The maximum atomic E-state index is 11.6. The molecule has 0 saturated heterocycles. The fourth-order valence-electron chi connectivity index (χ4n) is 1.27. The summed E-state index contributed by atoms with van der Waals surface area (Å²) in [5.74, 6) is -1.05. The second-order valence-corrected chi connectivity index (χ2v) is 3.15. The van der Waals surface area contributed by atoms with Gasteiger partial charge in [0.05, 0.1) is 0 Å². The smallest absolute Gasteiger partial charge is 0.323 e. The van der Waals surface area contributed by atoms with Gasteiger partial charge in [0.2, 0.25) is 0 Å². The average molecular weight is 222 g/mol. The lowest BCUT2D eigenvalue weighted by molar-refractivity contribution is -0.135. The van der Waals surface area contributed by atoms with Crippen LogP contribution in [0.15, 0.2) is 30.3 Å². The highest BCUT2D eigenvalue weighted by Crippen LogP contribution is 2.12. The van der Waals surface area contributed by atoms with Crippen molar-refractivity contribution >= 4 is 17.7 Å². The van der Waals surface area contributed by atoms with E-state index in [1.807, 2.05) is 0 Å². The lowest BCUT2D eigenvalue weighted by Crippen LogP contribution is -2.42. The summed E-state index contributed by atoms with van der Waals surface area (Å²) in [7, 11) is 0. The van der Waals surface area contributed by atoms with Gasteiger partial charge in [-0.3, -0.25) is 9.69 Å². The summed E-state index contributed by atoms with van der Waals surface area (Å²) in [4.78, 5) is 23.5. The van der Waals surface area contributed by atoms with E-state index >= 15 is 0 Å². The van der Waals surface area contributed by atoms with Crippen molar-refractivity contribution in [1.29, 1.82) is 0 Å². The highest BCUT2D eigenvalue weighted by atomic mass is 16.4. The van der Waals surface area contributed by atoms with Crippen LogP contribution >= 0.6 is 0 Å². The molecule has 0 radical (unpaired) electrons. The summed E-state index contributed by atoms with van der Waals surface area (Å²) in [5.41, 5.74) is 0.566. The van der Waals surface area contributed by atoms with Gasteiger partial charge in [0, 0.05) is 12.2 Å². The van der Waals surface area contributed by atoms with Crippen LogP contribution in [0.4, 0.5) is 10.5 Å². The molecule has 0 fully saturated rings. The zero-order valence-corrected chi connectivity index (χ0v) is 9.01. The Hall–Kier alpha value is -2.04. The highest BCUT2D eigenvalue weighted by Gasteiger charge is 2.17. The van der Waals surface area contributed by atoms with Crippen molar-refractivity contribution in [2.24, 2.45) is 0 Å². The molecule has 2 N–H and O–H groups in total. The fraction of sp³-hybridized carbons (Fsp3) is 0.273. The minimum atomic E-state index is -1.05. The van der Waals surface area contributed by atoms with Crippen molar-refractivity contribution in [3.05, 3.63) is 30.3 Å². The molecule has 1 aromatic carbocycles. The molecule has 0 unspecified atom stereocenters. The summed E-state index contributed by atoms with van der Waals surface area (Å²) in [6.45, 7) is 1.89. The van der Waals surface area contributed by atoms with Crippen LogP contribution in [0.3, 0.4) is 0 Å². The Morgan fingerprint density at radius 1 is 1.31 bits per heavy atom. The third kappa shape index (κ3) is 3.27. The Labute approximate surface area is 93.7 Å². The van der Waals surface area contributed by atoms with Gasteiger partial charge in [-0.15, -0.1) is 0 Å². The summed E-state index contributed by atoms with van der Waals surface area (Å²) in [6.07, 6.45) is 0. The van der Waals surface area contributed by atoms with E-state index in [4.69, 9.17) is 5.11 Å². The molecular formula is C11H14N2O3. The molecule has 5 heteroatoms. The van der Waals surface area contributed by atoms with Gasteiger partial charge in [-0.2, -0.15) is 0 Å². The Kier molecular flexibility index (Phi) is 4.32. The van der Waals surface area contributed by atoms with Crippen LogP contribution in [0.2, 0.25) is 0 Å². The molecule has 0 aliphatic rings. The van der Waals surface area contributed by atoms with Gasteiger partial charge < -0.3 is 10.4 Å². The fourth-order valence-corrected chi connectivity index (χ4v) is 1.27. The van der Waals surface area contributed by atoms with Crippen LogP contribution in [-0.4, -0.2) is 30.2 Å². The molecule has 1 rings (SSSR count). The second kappa shape index (κ2) is 5.75. The first-order valence-electron chi connectivity index (χ1n) is 4.97. The van der Waals surface area contributed by atoms with E-state index in [0.717, 1.165) is 0 Å². The van der Waals surface area contributed by atoms with E-state index in [1.54, 1.807) is 37.3 Å². The molecule has 0 aliphatic heterocycles. The monoisotopic (exact) mass is 222 g/mol. The van der Waals surface area contributed by atoms with Crippen molar-refractivity contribution in [3.63, 3.8) is 0 Å². The lowest BCUT2D eigenvalue weighted by Gasteiger charge is -2.20. The third-order valence-corrected chi connectivity index (χ3v) is 1.93. The molecule has 0 aliphatic carbocycles. The third-order valence-electron chi connectivity index (χ3n) is 1.93. The van der Waals surface area contributed by atoms with Crippen LogP contribution < -0.4 is 10.2 Å². The first kappa shape index (κ1) is 12.0. The number of urea groups is 1. The number of hydrogen-bond donors (Lipinski definition) is 2. The van der Waals surface area contributed by atoms with Gasteiger partial charge >= 0.3 is 12.0 Å². The number of amides is 2. The Balaban J connectivity index is 2.87. The number of aliphatic carboxylic acids is 1. The van der Waals surface area contributed by atoms with Gasteiger partial charge in [0.25, 0.3) is 0 Å². The molecule has 2 amide bonds. The normalized spacial score (nSPS) is 9.56. The van der Waals surface area contributed by atoms with Crippen molar-refractivity contribution in [2.75, 3.05) is 18.0 Å². The number of carboxylic acid groups (broad SMARTS) is 1. The largest absolute Gasteiger partial charge is 0.480 e. The van der Waals surface area contributed by atoms with Crippen molar-refractivity contribution in [2.45, 2.75) is 6.92 Å². The zero-order valence-electron chi connectivity index (χ0n) is 9.01. The van der Waals surface area contributed by atoms with Crippen molar-refractivity contribution in [1.82, 2.24) is 5.32 Å². The van der Waals surface area contributed by atoms with E-state index in [9.17, 15) is 9.59 Å². The molecule has 0 saturated carbocycles. The van der Waals surface area contributed by atoms with Gasteiger partial charge in [-0.05, 0) is 19.1 Å². The average Bonchev–Trinajstić information content (AvgIpc) is 2.27. The van der Waals surface area contributed by atoms with Crippen LogP contribution in [0.25, 0.3) is 0 Å². The predicted molar refractivity (Wildman–Crippen MR) is 60.5 cm³/mol. The van der Waals surface area contributed by atoms with Crippen LogP contribution in [0, 0.1) is 0 Å². The molecule has 16 heavy (non-hydrogen) atoms. The molecule has 0 bridgehead atoms. The lowest BCUT2D eigenvalue weighted by atomic mass is 10.3. The number of anilines is 1.